The molecule has 0 fully saturated rings. The van der Waals surface area contributed by atoms with Gasteiger partial charge in [0.05, 0.1) is 18.5 Å². The highest BCUT2D eigenvalue weighted by Crippen LogP contribution is 2.46. The molecule has 1 aliphatic rings. The molecule has 0 saturated heterocycles. The largest absolute Gasteiger partial charge is 0.496 e. The summed E-state index contributed by atoms with van der Waals surface area (Å²) in [4.78, 5) is 3.87. The number of thioether (sulfide) groups is 1. The van der Waals surface area contributed by atoms with E-state index in [1.54, 1.807) is 7.11 Å². The number of rotatable bonds is 5. The van der Waals surface area contributed by atoms with Gasteiger partial charge in [0.2, 0.25) is 0 Å². The number of hydrogen-bond acceptors (Lipinski definition) is 4. The zero-order chi connectivity index (χ0) is 20.4. The van der Waals surface area contributed by atoms with Crippen LogP contribution in [0.15, 0.2) is 53.6 Å². The van der Waals surface area contributed by atoms with E-state index in [1.165, 1.54) is 27.3 Å². The zero-order valence-electron chi connectivity index (χ0n) is 17.7. The van der Waals surface area contributed by atoms with Crippen LogP contribution in [0.1, 0.15) is 41.0 Å². The van der Waals surface area contributed by atoms with Gasteiger partial charge in [-0.15, -0.1) is 11.8 Å². The predicted octanol–water partition coefficient (Wildman–Crippen LogP) is 5.77. The lowest BCUT2D eigenvalue weighted by Crippen LogP contribution is -2.24. The van der Waals surface area contributed by atoms with E-state index in [-0.39, 0.29) is 0 Å². The average molecular weight is 408 g/mol. The second-order valence-corrected chi connectivity index (χ2v) is 8.85. The molecule has 4 nitrogen and oxygen atoms in total. The quantitative estimate of drug-likeness (QED) is 0.537. The van der Waals surface area contributed by atoms with Crippen molar-refractivity contribution in [1.82, 2.24) is 9.78 Å². The summed E-state index contributed by atoms with van der Waals surface area (Å²) in [6.07, 6.45) is 3.30. The molecule has 4 rings (SSSR count). The normalized spacial score (nSPS) is 16.4. The molecule has 2 heterocycles. The first-order valence-electron chi connectivity index (χ1n) is 10.3. The molecular formula is C24H29N3OS. The maximum Gasteiger partial charge on any atom is 0.121 e. The van der Waals surface area contributed by atoms with Crippen LogP contribution in [0.2, 0.25) is 0 Å². The third-order valence-electron chi connectivity index (χ3n) is 5.66. The minimum atomic E-state index is 0.435. The van der Waals surface area contributed by atoms with E-state index in [9.17, 15) is 0 Å². The van der Waals surface area contributed by atoms with Gasteiger partial charge in [0.25, 0.3) is 0 Å². The third kappa shape index (κ3) is 4.15. The van der Waals surface area contributed by atoms with Crippen LogP contribution in [0.25, 0.3) is 0 Å². The fourth-order valence-corrected chi connectivity index (χ4v) is 5.29. The second kappa shape index (κ2) is 8.54. The molecule has 1 unspecified atom stereocenters. The molecule has 0 amide bonds. The molecule has 5 heteroatoms. The molecule has 1 aliphatic heterocycles. The highest BCUT2D eigenvalue weighted by Gasteiger charge is 2.24. The second-order valence-electron chi connectivity index (χ2n) is 7.61. The van der Waals surface area contributed by atoms with Crippen molar-refractivity contribution in [2.24, 2.45) is 0 Å². The number of fused-ring (bicyclic) bond motifs is 1. The Morgan fingerprint density at radius 1 is 1.17 bits per heavy atom. The summed E-state index contributed by atoms with van der Waals surface area (Å²) in [5.41, 5.74) is 6.34. The molecule has 2 aromatic carbocycles. The lowest BCUT2D eigenvalue weighted by Gasteiger charge is -2.24. The van der Waals surface area contributed by atoms with Gasteiger partial charge in [-0.2, -0.15) is 5.10 Å². The molecule has 0 spiro atoms. The Bertz CT molecular complexity index is 998. The summed E-state index contributed by atoms with van der Waals surface area (Å²) in [6, 6.07) is 15.4. The van der Waals surface area contributed by atoms with Crippen molar-refractivity contribution in [3.63, 3.8) is 0 Å². The molecule has 0 bridgehead atoms. The maximum atomic E-state index is 5.45. The topological polar surface area (TPSA) is 30.3 Å². The summed E-state index contributed by atoms with van der Waals surface area (Å²) in [5, 5.41) is 5.07. The van der Waals surface area contributed by atoms with Gasteiger partial charge in [-0.25, -0.2) is 0 Å². The standard InChI is InChI=1S/C24H29N3OS/c1-5-27-16-20(18(3)25-27)15-26-13-12-23(29-24-9-7-6-8-21(24)26)19-10-11-22(28-4)17(2)14-19/h6-11,14,16,23H,5,12-13,15H2,1-4H3. The van der Waals surface area contributed by atoms with Gasteiger partial charge < -0.3 is 9.64 Å². The van der Waals surface area contributed by atoms with E-state index in [1.807, 2.05) is 16.4 Å². The Morgan fingerprint density at radius 3 is 2.72 bits per heavy atom. The number of ether oxygens (including phenoxy) is 1. The number of aromatic nitrogens is 2. The van der Waals surface area contributed by atoms with E-state index in [4.69, 9.17) is 4.74 Å². The SMILES string of the molecule is CCn1cc(CN2CCC(c3ccc(OC)c(C)c3)Sc3ccccc32)c(C)n1. The molecule has 1 atom stereocenters. The number of benzene rings is 2. The molecule has 1 aromatic heterocycles. The molecule has 29 heavy (non-hydrogen) atoms. The summed E-state index contributed by atoms with van der Waals surface area (Å²) in [5.74, 6) is 0.956. The zero-order valence-corrected chi connectivity index (χ0v) is 18.5. The van der Waals surface area contributed by atoms with Gasteiger partial charge in [0.1, 0.15) is 5.75 Å². The fourth-order valence-electron chi connectivity index (χ4n) is 4.01. The smallest absolute Gasteiger partial charge is 0.121 e. The van der Waals surface area contributed by atoms with Crippen LogP contribution in [0.3, 0.4) is 0 Å². The van der Waals surface area contributed by atoms with E-state index in [0.717, 1.165) is 37.5 Å². The van der Waals surface area contributed by atoms with Crippen molar-refractivity contribution in [2.75, 3.05) is 18.6 Å². The number of nitrogens with zero attached hydrogens (tertiary/aromatic N) is 3. The lowest BCUT2D eigenvalue weighted by molar-refractivity contribution is 0.411. The van der Waals surface area contributed by atoms with Crippen LogP contribution in [0.5, 0.6) is 5.75 Å². The van der Waals surface area contributed by atoms with Crippen LogP contribution >= 0.6 is 11.8 Å². The van der Waals surface area contributed by atoms with Crippen LogP contribution in [0.4, 0.5) is 5.69 Å². The van der Waals surface area contributed by atoms with Crippen LogP contribution < -0.4 is 9.64 Å². The lowest BCUT2D eigenvalue weighted by atomic mass is 10.1. The molecular weight excluding hydrogens is 378 g/mol. The van der Waals surface area contributed by atoms with Crippen molar-refractivity contribution < 1.29 is 4.74 Å². The van der Waals surface area contributed by atoms with Crippen molar-refractivity contribution in [2.45, 2.75) is 50.4 Å². The first kappa shape index (κ1) is 19.9. The fraction of sp³-hybridized carbons (Fsp3) is 0.375. The van der Waals surface area contributed by atoms with E-state index >= 15 is 0 Å². The highest BCUT2D eigenvalue weighted by atomic mass is 32.2. The Kier molecular flexibility index (Phi) is 5.86. The summed E-state index contributed by atoms with van der Waals surface area (Å²) in [7, 11) is 1.74. The van der Waals surface area contributed by atoms with E-state index in [0.29, 0.717) is 5.25 Å². The number of methoxy groups -OCH3 is 1. The Balaban J connectivity index is 1.62. The van der Waals surface area contributed by atoms with Gasteiger partial charge in [0, 0.05) is 41.5 Å². The molecule has 0 aliphatic carbocycles. The average Bonchev–Trinajstić information content (AvgIpc) is 2.98. The highest BCUT2D eigenvalue weighted by molar-refractivity contribution is 7.99. The minimum absolute atomic E-state index is 0.435. The summed E-state index contributed by atoms with van der Waals surface area (Å²) in [6.45, 7) is 9.21. The first-order valence-corrected chi connectivity index (χ1v) is 11.1. The summed E-state index contributed by atoms with van der Waals surface area (Å²) >= 11 is 1.98. The maximum absolute atomic E-state index is 5.45. The van der Waals surface area contributed by atoms with Crippen molar-refractivity contribution in [3.8, 4) is 5.75 Å². The van der Waals surface area contributed by atoms with Crippen LogP contribution in [-0.4, -0.2) is 23.4 Å². The van der Waals surface area contributed by atoms with Crippen molar-refractivity contribution in [3.05, 3.63) is 71.0 Å². The number of para-hydroxylation sites is 1. The van der Waals surface area contributed by atoms with Gasteiger partial charge >= 0.3 is 0 Å². The van der Waals surface area contributed by atoms with Crippen molar-refractivity contribution >= 4 is 17.4 Å². The minimum Gasteiger partial charge on any atom is -0.496 e. The van der Waals surface area contributed by atoms with E-state index < -0.39 is 0 Å². The molecule has 152 valence electrons. The summed E-state index contributed by atoms with van der Waals surface area (Å²) < 4.78 is 7.48. The molecule has 0 N–H and O–H groups in total. The Labute approximate surface area is 177 Å². The predicted molar refractivity (Wildman–Crippen MR) is 121 cm³/mol. The number of aryl methyl sites for hydroxylation is 3. The molecule has 0 radical (unpaired) electrons. The number of hydrogen-bond donors (Lipinski definition) is 0. The van der Waals surface area contributed by atoms with Gasteiger partial charge in [-0.3, -0.25) is 4.68 Å². The van der Waals surface area contributed by atoms with Gasteiger partial charge in [-0.1, -0.05) is 24.3 Å². The van der Waals surface area contributed by atoms with Crippen molar-refractivity contribution in [1.29, 1.82) is 0 Å². The van der Waals surface area contributed by atoms with E-state index in [2.05, 4.69) is 79.4 Å². The van der Waals surface area contributed by atoms with Gasteiger partial charge in [-0.05, 0) is 56.5 Å². The number of anilines is 1. The van der Waals surface area contributed by atoms with Gasteiger partial charge in [0.15, 0.2) is 0 Å². The van der Waals surface area contributed by atoms with Crippen LogP contribution in [-0.2, 0) is 13.1 Å². The Morgan fingerprint density at radius 2 is 2.00 bits per heavy atom. The van der Waals surface area contributed by atoms with Crippen LogP contribution in [0, 0.1) is 13.8 Å². The first-order chi connectivity index (χ1) is 14.1. The molecule has 0 saturated carbocycles. The Hall–Kier alpha value is -2.40. The molecule has 3 aromatic rings. The third-order valence-corrected chi connectivity index (χ3v) is 7.05. The monoisotopic (exact) mass is 407 g/mol.